The number of methoxy groups -OCH3 is 1. The number of carbonyl (C=O) groups excluding carboxylic acids is 1. The average Bonchev–Trinajstić information content (AvgIpc) is 2.54. The molecule has 2 aromatic rings. The number of amides is 1. The lowest BCUT2D eigenvalue weighted by Crippen LogP contribution is -2.27. The first-order valence-corrected chi connectivity index (χ1v) is 7.10. The first kappa shape index (κ1) is 15.8. The van der Waals surface area contributed by atoms with E-state index in [0.29, 0.717) is 24.0 Å². The Morgan fingerprint density at radius 1 is 1.18 bits per heavy atom. The van der Waals surface area contributed by atoms with E-state index in [-0.39, 0.29) is 5.91 Å². The summed E-state index contributed by atoms with van der Waals surface area (Å²) in [5.41, 5.74) is 1.29. The maximum atomic E-state index is 11.9. The fourth-order valence-electron chi connectivity index (χ4n) is 1.71. The predicted molar refractivity (Wildman–Crippen MR) is 85.5 cm³/mol. The molecule has 0 unspecified atom stereocenters. The summed E-state index contributed by atoms with van der Waals surface area (Å²) < 4.78 is 5.10. The molecule has 0 saturated carbocycles. The number of hydrogen-bond donors (Lipinski definition) is 2. The van der Waals surface area contributed by atoms with Gasteiger partial charge in [-0.15, -0.1) is 0 Å². The van der Waals surface area contributed by atoms with Crippen molar-refractivity contribution in [2.45, 2.75) is 13.8 Å². The van der Waals surface area contributed by atoms with Crippen molar-refractivity contribution >= 4 is 17.5 Å². The zero-order valence-electron chi connectivity index (χ0n) is 13.0. The maximum Gasteiger partial charge on any atom is 0.254 e. The van der Waals surface area contributed by atoms with Crippen molar-refractivity contribution in [1.82, 2.24) is 15.3 Å². The van der Waals surface area contributed by atoms with Gasteiger partial charge >= 0.3 is 0 Å². The molecule has 0 fully saturated rings. The van der Waals surface area contributed by atoms with Crippen LogP contribution in [0.25, 0.3) is 0 Å². The normalized spacial score (nSPS) is 10.4. The second-order valence-corrected chi connectivity index (χ2v) is 5.25. The van der Waals surface area contributed by atoms with E-state index in [2.05, 4.69) is 20.6 Å². The van der Waals surface area contributed by atoms with Crippen molar-refractivity contribution in [3.8, 4) is 5.75 Å². The van der Waals surface area contributed by atoms with Crippen LogP contribution in [0, 0.1) is 5.92 Å². The van der Waals surface area contributed by atoms with Crippen LogP contribution in [-0.2, 0) is 0 Å². The standard InChI is InChI=1S/C16H20N4O2/c1-11(2)8-17-15(21)12-9-18-16(19-10-12)20-13-4-6-14(22-3)7-5-13/h4-7,9-11H,8H2,1-3H3,(H,17,21)(H,18,19,20). The second kappa shape index (κ2) is 7.40. The average molecular weight is 300 g/mol. The molecule has 0 spiro atoms. The molecular weight excluding hydrogens is 280 g/mol. The molecule has 116 valence electrons. The summed E-state index contributed by atoms with van der Waals surface area (Å²) in [7, 11) is 1.62. The Labute approximate surface area is 129 Å². The van der Waals surface area contributed by atoms with Crippen LogP contribution in [0.4, 0.5) is 11.6 Å². The van der Waals surface area contributed by atoms with Gasteiger partial charge in [-0.2, -0.15) is 0 Å². The number of benzene rings is 1. The van der Waals surface area contributed by atoms with Crippen molar-refractivity contribution in [1.29, 1.82) is 0 Å². The fourth-order valence-corrected chi connectivity index (χ4v) is 1.71. The molecule has 0 atom stereocenters. The van der Waals surface area contributed by atoms with Crippen LogP contribution in [0.3, 0.4) is 0 Å². The lowest BCUT2D eigenvalue weighted by molar-refractivity contribution is 0.0948. The van der Waals surface area contributed by atoms with E-state index < -0.39 is 0 Å². The summed E-state index contributed by atoms with van der Waals surface area (Å²) in [6, 6.07) is 7.42. The highest BCUT2D eigenvalue weighted by atomic mass is 16.5. The Morgan fingerprint density at radius 3 is 2.36 bits per heavy atom. The van der Waals surface area contributed by atoms with Gasteiger partial charge in [0.2, 0.25) is 5.95 Å². The Kier molecular flexibility index (Phi) is 5.30. The fraction of sp³-hybridized carbons (Fsp3) is 0.312. The van der Waals surface area contributed by atoms with Gasteiger partial charge in [-0.25, -0.2) is 9.97 Å². The molecule has 0 aliphatic heterocycles. The van der Waals surface area contributed by atoms with Gasteiger partial charge in [0, 0.05) is 24.6 Å². The number of anilines is 2. The number of nitrogens with zero attached hydrogens (tertiary/aromatic N) is 2. The minimum atomic E-state index is -0.162. The van der Waals surface area contributed by atoms with Crippen molar-refractivity contribution < 1.29 is 9.53 Å². The summed E-state index contributed by atoms with van der Waals surface area (Å²) in [6.45, 7) is 4.71. The zero-order chi connectivity index (χ0) is 15.9. The minimum Gasteiger partial charge on any atom is -0.497 e. The van der Waals surface area contributed by atoms with Gasteiger partial charge in [-0.05, 0) is 30.2 Å². The molecule has 0 saturated heterocycles. The number of rotatable bonds is 6. The van der Waals surface area contributed by atoms with Crippen molar-refractivity contribution in [2.24, 2.45) is 5.92 Å². The SMILES string of the molecule is COc1ccc(Nc2ncc(C(=O)NCC(C)C)cn2)cc1. The van der Waals surface area contributed by atoms with Gasteiger partial charge in [0.15, 0.2) is 0 Å². The Balaban J connectivity index is 1.97. The quantitative estimate of drug-likeness (QED) is 0.857. The molecule has 0 aliphatic rings. The Morgan fingerprint density at radius 2 is 1.82 bits per heavy atom. The molecular formula is C16H20N4O2. The van der Waals surface area contributed by atoms with Crippen molar-refractivity contribution in [3.05, 3.63) is 42.2 Å². The van der Waals surface area contributed by atoms with E-state index >= 15 is 0 Å². The minimum absolute atomic E-state index is 0.162. The number of hydrogen-bond acceptors (Lipinski definition) is 5. The van der Waals surface area contributed by atoms with Gasteiger partial charge < -0.3 is 15.4 Å². The number of nitrogens with one attached hydrogen (secondary N) is 2. The Bertz CT molecular complexity index is 609. The van der Waals surface area contributed by atoms with Crippen LogP contribution >= 0.6 is 0 Å². The third-order valence-electron chi connectivity index (χ3n) is 2.93. The molecule has 1 amide bonds. The van der Waals surface area contributed by atoms with E-state index in [0.717, 1.165) is 11.4 Å². The molecule has 22 heavy (non-hydrogen) atoms. The molecule has 1 aromatic heterocycles. The van der Waals surface area contributed by atoms with E-state index in [1.54, 1.807) is 7.11 Å². The van der Waals surface area contributed by atoms with Gasteiger partial charge in [-0.1, -0.05) is 13.8 Å². The van der Waals surface area contributed by atoms with Crippen LogP contribution in [0.15, 0.2) is 36.7 Å². The Hall–Kier alpha value is -2.63. The zero-order valence-corrected chi connectivity index (χ0v) is 13.0. The molecule has 0 radical (unpaired) electrons. The molecule has 0 bridgehead atoms. The smallest absolute Gasteiger partial charge is 0.254 e. The number of ether oxygens (including phenoxy) is 1. The van der Waals surface area contributed by atoms with Gasteiger partial charge in [-0.3, -0.25) is 4.79 Å². The largest absolute Gasteiger partial charge is 0.497 e. The van der Waals surface area contributed by atoms with Crippen molar-refractivity contribution in [2.75, 3.05) is 19.0 Å². The van der Waals surface area contributed by atoms with E-state index in [9.17, 15) is 4.79 Å². The van der Waals surface area contributed by atoms with Gasteiger partial charge in [0.1, 0.15) is 5.75 Å². The monoisotopic (exact) mass is 300 g/mol. The van der Waals surface area contributed by atoms with Crippen LogP contribution < -0.4 is 15.4 Å². The summed E-state index contributed by atoms with van der Waals surface area (Å²) in [4.78, 5) is 20.2. The molecule has 2 N–H and O–H groups in total. The van der Waals surface area contributed by atoms with Gasteiger partial charge in [0.25, 0.3) is 5.91 Å². The molecule has 1 aromatic carbocycles. The maximum absolute atomic E-state index is 11.9. The second-order valence-electron chi connectivity index (χ2n) is 5.25. The third-order valence-corrected chi connectivity index (χ3v) is 2.93. The number of carbonyl (C=O) groups is 1. The van der Waals surface area contributed by atoms with E-state index in [1.165, 1.54) is 12.4 Å². The first-order chi connectivity index (χ1) is 10.6. The highest BCUT2D eigenvalue weighted by molar-refractivity contribution is 5.93. The van der Waals surface area contributed by atoms with Crippen LogP contribution in [-0.4, -0.2) is 29.5 Å². The summed E-state index contributed by atoms with van der Waals surface area (Å²) >= 11 is 0. The highest BCUT2D eigenvalue weighted by Gasteiger charge is 2.07. The third kappa shape index (κ3) is 4.44. The molecule has 6 heteroatoms. The molecule has 1 heterocycles. The van der Waals surface area contributed by atoms with Crippen molar-refractivity contribution in [3.63, 3.8) is 0 Å². The molecule has 0 aliphatic carbocycles. The van der Waals surface area contributed by atoms with Crippen LogP contribution in [0.1, 0.15) is 24.2 Å². The lowest BCUT2D eigenvalue weighted by Gasteiger charge is -2.08. The van der Waals surface area contributed by atoms with Crippen LogP contribution in [0.2, 0.25) is 0 Å². The summed E-state index contributed by atoms with van der Waals surface area (Å²) in [5, 5.41) is 5.89. The summed E-state index contributed by atoms with van der Waals surface area (Å²) in [5.74, 6) is 1.46. The van der Waals surface area contributed by atoms with E-state index in [1.807, 2.05) is 38.1 Å². The molecule has 2 rings (SSSR count). The topological polar surface area (TPSA) is 76.1 Å². The van der Waals surface area contributed by atoms with Gasteiger partial charge in [0.05, 0.1) is 12.7 Å². The summed E-state index contributed by atoms with van der Waals surface area (Å²) in [6.07, 6.45) is 3.02. The number of aromatic nitrogens is 2. The molecule has 6 nitrogen and oxygen atoms in total. The lowest BCUT2D eigenvalue weighted by atomic mass is 10.2. The predicted octanol–water partition coefficient (Wildman–Crippen LogP) is 2.61. The highest BCUT2D eigenvalue weighted by Crippen LogP contribution is 2.17. The first-order valence-electron chi connectivity index (χ1n) is 7.10. The van der Waals surface area contributed by atoms with E-state index in [4.69, 9.17) is 4.74 Å². The van der Waals surface area contributed by atoms with Crippen LogP contribution in [0.5, 0.6) is 5.75 Å².